The van der Waals surface area contributed by atoms with E-state index in [1.807, 2.05) is 30.3 Å². The number of carbonyl (C=O) groups is 1. The zero-order valence-electron chi connectivity index (χ0n) is 19.3. The van der Waals surface area contributed by atoms with Crippen LogP contribution in [0, 0.1) is 0 Å². The van der Waals surface area contributed by atoms with Crippen LogP contribution in [0.5, 0.6) is 5.75 Å². The van der Waals surface area contributed by atoms with Gasteiger partial charge in [0.2, 0.25) is 0 Å². The fourth-order valence-corrected chi connectivity index (χ4v) is 5.34. The average Bonchev–Trinajstić information content (AvgIpc) is 3.51. The van der Waals surface area contributed by atoms with Crippen LogP contribution in [0.1, 0.15) is 41.6 Å². The molecule has 6 heteroatoms. The molecule has 3 heterocycles. The number of benzene rings is 2. The van der Waals surface area contributed by atoms with E-state index < -0.39 is 0 Å². The summed E-state index contributed by atoms with van der Waals surface area (Å²) in [6, 6.07) is 12.2. The van der Waals surface area contributed by atoms with Crippen molar-refractivity contribution >= 4 is 16.8 Å². The van der Waals surface area contributed by atoms with E-state index in [0.717, 1.165) is 86.3 Å². The third-order valence-electron chi connectivity index (χ3n) is 7.11. The number of fused-ring (bicyclic) bond motifs is 2. The Morgan fingerprint density at radius 3 is 3.09 bits per heavy atom. The summed E-state index contributed by atoms with van der Waals surface area (Å²) in [5, 5.41) is 11.9. The molecule has 174 valence electrons. The normalized spacial score (nSPS) is 20.1. The Kier molecular flexibility index (Phi) is 5.67. The molecular weight excluding hydrogens is 424 g/mol. The number of H-pyrrole nitrogens is 1. The lowest BCUT2D eigenvalue weighted by Gasteiger charge is -2.33. The predicted octanol–water partition coefficient (Wildman–Crippen LogP) is 4.64. The summed E-state index contributed by atoms with van der Waals surface area (Å²) in [5.41, 5.74) is 6.13. The number of carbonyl (C=O) groups excluding carboxylic acids is 1. The highest BCUT2D eigenvalue weighted by Crippen LogP contribution is 2.33. The van der Waals surface area contributed by atoms with Crippen molar-refractivity contribution in [3.63, 3.8) is 0 Å². The molecule has 0 radical (unpaired) electrons. The number of rotatable bonds is 5. The van der Waals surface area contributed by atoms with Crippen molar-refractivity contribution in [2.24, 2.45) is 0 Å². The first kappa shape index (κ1) is 21.2. The quantitative estimate of drug-likeness (QED) is 0.590. The lowest BCUT2D eigenvalue weighted by molar-refractivity contribution is 0.0907. The molecule has 2 aromatic carbocycles. The largest absolute Gasteiger partial charge is 0.493 e. The summed E-state index contributed by atoms with van der Waals surface area (Å²) in [6.07, 6.45) is 12.2. The summed E-state index contributed by atoms with van der Waals surface area (Å²) >= 11 is 0. The molecule has 34 heavy (non-hydrogen) atoms. The van der Waals surface area contributed by atoms with Crippen LogP contribution in [0.25, 0.3) is 22.2 Å². The third kappa shape index (κ3) is 4.26. The van der Waals surface area contributed by atoms with Crippen molar-refractivity contribution in [1.29, 1.82) is 0 Å². The highest BCUT2D eigenvalue weighted by atomic mass is 16.5. The van der Waals surface area contributed by atoms with Crippen LogP contribution in [0.3, 0.4) is 0 Å². The van der Waals surface area contributed by atoms with Gasteiger partial charge in [-0.1, -0.05) is 18.2 Å². The van der Waals surface area contributed by atoms with E-state index in [1.165, 1.54) is 11.1 Å². The smallest absolute Gasteiger partial charge is 0.251 e. The van der Waals surface area contributed by atoms with Gasteiger partial charge in [0.05, 0.1) is 17.8 Å². The fourth-order valence-electron chi connectivity index (χ4n) is 5.34. The van der Waals surface area contributed by atoms with Gasteiger partial charge in [-0.05, 0) is 79.8 Å². The molecule has 6 rings (SSSR count). The monoisotopic (exact) mass is 454 g/mol. The summed E-state index contributed by atoms with van der Waals surface area (Å²) in [5.74, 6) is 0.945. The molecular formula is C28H30N4O2. The molecule has 1 fully saturated rings. The van der Waals surface area contributed by atoms with Crippen molar-refractivity contribution in [2.75, 3.05) is 26.2 Å². The van der Waals surface area contributed by atoms with E-state index in [4.69, 9.17) is 4.74 Å². The maximum absolute atomic E-state index is 13.2. The summed E-state index contributed by atoms with van der Waals surface area (Å²) in [4.78, 5) is 15.6. The Bertz CT molecular complexity index is 1290. The number of aromatic nitrogens is 2. The van der Waals surface area contributed by atoms with Crippen molar-refractivity contribution in [2.45, 2.75) is 38.1 Å². The molecule has 6 nitrogen and oxygen atoms in total. The van der Waals surface area contributed by atoms with E-state index in [9.17, 15) is 4.79 Å². The van der Waals surface area contributed by atoms with E-state index >= 15 is 0 Å². The number of piperidine rings is 1. The molecule has 2 aliphatic heterocycles. The molecule has 1 aliphatic carbocycles. The number of hydrogen-bond acceptors (Lipinski definition) is 4. The Morgan fingerprint density at radius 2 is 2.18 bits per heavy atom. The van der Waals surface area contributed by atoms with Crippen LogP contribution >= 0.6 is 0 Å². The van der Waals surface area contributed by atoms with Gasteiger partial charge in [-0.15, -0.1) is 0 Å². The molecule has 2 N–H and O–H groups in total. The number of allylic oxidation sites excluding steroid dienone is 2. The van der Waals surface area contributed by atoms with Crippen LogP contribution in [-0.4, -0.2) is 53.3 Å². The molecule has 0 spiro atoms. The zero-order chi connectivity index (χ0) is 22.9. The number of amides is 1. The Balaban J connectivity index is 1.17. The number of hydrogen-bond donors (Lipinski definition) is 2. The lowest BCUT2D eigenvalue weighted by Crippen LogP contribution is -2.48. The Hall–Kier alpha value is -3.38. The molecule has 0 saturated carbocycles. The van der Waals surface area contributed by atoms with Gasteiger partial charge in [0.25, 0.3) is 5.91 Å². The van der Waals surface area contributed by atoms with Crippen LogP contribution in [-0.2, 0) is 6.42 Å². The van der Waals surface area contributed by atoms with Crippen LogP contribution in [0.15, 0.2) is 60.2 Å². The van der Waals surface area contributed by atoms with Crippen molar-refractivity contribution in [3.8, 4) is 17.0 Å². The maximum Gasteiger partial charge on any atom is 0.251 e. The summed E-state index contributed by atoms with van der Waals surface area (Å²) in [6.45, 7) is 3.69. The summed E-state index contributed by atoms with van der Waals surface area (Å²) < 4.78 is 5.64. The molecule has 1 amide bonds. The van der Waals surface area contributed by atoms with Gasteiger partial charge in [0.15, 0.2) is 0 Å². The van der Waals surface area contributed by atoms with Crippen molar-refractivity contribution in [1.82, 2.24) is 20.4 Å². The summed E-state index contributed by atoms with van der Waals surface area (Å²) in [7, 11) is 0. The minimum atomic E-state index is -0.0139. The SMILES string of the molecule is O=C(NC1CCCN(CC2=CCCC=C2)C1)c1ccc2[nH]nc(-c3ccc4c(c3)CCO4)c2c1. The molecule has 3 aliphatic rings. The minimum absolute atomic E-state index is 0.0139. The Labute approximate surface area is 199 Å². The van der Waals surface area contributed by atoms with Gasteiger partial charge in [-0.3, -0.25) is 14.8 Å². The first-order valence-corrected chi connectivity index (χ1v) is 12.4. The number of nitrogens with one attached hydrogen (secondary N) is 2. The van der Waals surface area contributed by atoms with Crippen LogP contribution < -0.4 is 10.1 Å². The number of aromatic amines is 1. The maximum atomic E-state index is 13.2. The van der Waals surface area contributed by atoms with Crippen molar-refractivity contribution < 1.29 is 9.53 Å². The zero-order valence-corrected chi connectivity index (χ0v) is 19.3. The molecule has 3 aromatic rings. The molecule has 1 saturated heterocycles. The highest BCUT2D eigenvalue weighted by Gasteiger charge is 2.23. The average molecular weight is 455 g/mol. The second-order valence-electron chi connectivity index (χ2n) is 9.56. The second-order valence-corrected chi connectivity index (χ2v) is 9.56. The van der Waals surface area contributed by atoms with Gasteiger partial charge in [-0.25, -0.2) is 0 Å². The van der Waals surface area contributed by atoms with Crippen molar-refractivity contribution in [3.05, 3.63) is 71.3 Å². The minimum Gasteiger partial charge on any atom is -0.493 e. The van der Waals surface area contributed by atoms with Gasteiger partial charge in [0, 0.05) is 42.1 Å². The van der Waals surface area contributed by atoms with Crippen LogP contribution in [0.2, 0.25) is 0 Å². The van der Waals surface area contributed by atoms with E-state index in [-0.39, 0.29) is 11.9 Å². The topological polar surface area (TPSA) is 70.2 Å². The van der Waals surface area contributed by atoms with E-state index in [0.29, 0.717) is 5.56 Å². The van der Waals surface area contributed by atoms with Crippen LogP contribution in [0.4, 0.5) is 0 Å². The van der Waals surface area contributed by atoms with E-state index in [2.05, 4.69) is 44.7 Å². The number of likely N-dealkylation sites (tertiary alicyclic amines) is 1. The Morgan fingerprint density at radius 1 is 1.21 bits per heavy atom. The first-order valence-electron chi connectivity index (χ1n) is 12.4. The third-order valence-corrected chi connectivity index (χ3v) is 7.11. The number of nitrogens with zero attached hydrogens (tertiary/aromatic N) is 2. The predicted molar refractivity (Wildman–Crippen MR) is 134 cm³/mol. The molecule has 0 bridgehead atoms. The first-order chi connectivity index (χ1) is 16.7. The highest BCUT2D eigenvalue weighted by molar-refractivity contribution is 6.01. The molecule has 1 unspecified atom stereocenters. The van der Waals surface area contributed by atoms with E-state index in [1.54, 1.807) is 0 Å². The molecule has 1 aromatic heterocycles. The fraction of sp³-hybridized carbons (Fsp3) is 0.357. The van der Waals surface area contributed by atoms with Gasteiger partial charge in [0.1, 0.15) is 5.75 Å². The second kappa shape index (κ2) is 9.11. The lowest BCUT2D eigenvalue weighted by atomic mass is 10.0. The van der Waals surface area contributed by atoms with Gasteiger partial charge in [-0.2, -0.15) is 5.10 Å². The standard InChI is InChI=1S/C28H30N4O2/c33-28(29-23-7-4-13-32(18-23)17-19-5-2-1-3-6-19)22-8-10-25-24(16-22)27(31-30-25)21-9-11-26-20(15-21)12-14-34-26/h2,5-6,8-11,15-16,23H,1,3-4,7,12-14,17-18H2,(H,29,33)(H,30,31). The van der Waals surface area contributed by atoms with Gasteiger partial charge >= 0.3 is 0 Å². The molecule has 1 atom stereocenters. The number of ether oxygens (including phenoxy) is 1. The van der Waals surface area contributed by atoms with Gasteiger partial charge < -0.3 is 10.1 Å².